The predicted octanol–water partition coefficient (Wildman–Crippen LogP) is 4.23. The number of ether oxygens (including phenoxy) is 1. The highest BCUT2D eigenvalue weighted by Crippen LogP contribution is 2.69. The van der Waals surface area contributed by atoms with Gasteiger partial charge in [-0.1, -0.05) is 19.1 Å². The Morgan fingerprint density at radius 3 is 2.95 bits per heavy atom. The molecule has 2 aromatic carbocycles. The molecule has 8 rings (SSSR count). The lowest BCUT2D eigenvalue weighted by molar-refractivity contribution is -0.173. The standard InChI is InChI=1S/C31H36N4O3/c1-2-3-25(32)33-15-18-6-8-22-20(12-18)21-14-31(37)24-13-19-7-9-23(36)28-26(19)30(31,29(38-28)27(21)34-22)10-11-35(24)16-17-4-5-17/h6-9,12,17,24,29,34,36-37H,2-5,10-11,13-16H2,1H3,(H2,32,33)/t24-,29-,30-,31+/m0/s1. The van der Waals surface area contributed by atoms with Crippen molar-refractivity contribution in [2.75, 3.05) is 13.1 Å². The van der Waals surface area contributed by atoms with E-state index in [1.165, 1.54) is 18.4 Å². The molecule has 1 spiro atoms. The number of amidine groups is 1. The number of hydrogen-bond acceptors (Lipinski definition) is 5. The van der Waals surface area contributed by atoms with Crippen molar-refractivity contribution < 1.29 is 14.9 Å². The van der Waals surface area contributed by atoms with Gasteiger partial charge in [-0.15, -0.1) is 0 Å². The normalized spacial score (nSPS) is 31.3. The molecular weight excluding hydrogens is 476 g/mol. The minimum absolute atomic E-state index is 0.0330. The van der Waals surface area contributed by atoms with Crippen molar-refractivity contribution in [3.63, 3.8) is 0 Å². The van der Waals surface area contributed by atoms with Crippen LogP contribution in [0.4, 0.5) is 0 Å². The van der Waals surface area contributed by atoms with E-state index in [0.29, 0.717) is 24.6 Å². The van der Waals surface area contributed by atoms with Crippen LogP contribution in [0.3, 0.4) is 0 Å². The molecule has 0 amide bonds. The first-order valence-corrected chi connectivity index (χ1v) is 14.3. The highest BCUT2D eigenvalue weighted by molar-refractivity contribution is 5.87. The summed E-state index contributed by atoms with van der Waals surface area (Å²) in [4.78, 5) is 10.9. The number of nitrogens with one attached hydrogen (secondary N) is 1. The Balaban J connectivity index is 1.29. The van der Waals surface area contributed by atoms with E-state index in [2.05, 4.69) is 46.1 Å². The number of aliphatic hydroxyl groups is 1. The molecule has 7 nitrogen and oxygen atoms in total. The Hall–Kier alpha value is -3.03. The Morgan fingerprint density at radius 2 is 2.13 bits per heavy atom. The first-order chi connectivity index (χ1) is 18.4. The molecule has 7 heteroatoms. The molecular formula is C31H36N4O3. The summed E-state index contributed by atoms with van der Waals surface area (Å²) in [7, 11) is 0. The van der Waals surface area contributed by atoms with Gasteiger partial charge in [0, 0.05) is 41.9 Å². The van der Waals surface area contributed by atoms with Gasteiger partial charge >= 0.3 is 0 Å². The Kier molecular flexibility index (Phi) is 4.68. The van der Waals surface area contributed by atoms with Crippen molar-refractivity contribution in [1.29, 1.82) is 0 Å². The number of phenolic OH excluding ortho intramolecular Hbond substituents is 1. The van der Waals surface area contributed by atoms with E-state index >= 15 is 0 Å². The second-order valence-corrected chi connectivity index (χ2v) is 12.4. The molecule has 5 N–H and O–H groups in total. The summed E-state index contributed by atoms with van der Waals surface area (Å²) in [6, 6.07) is 10.3. The van der Waals surface area contributed by atoms with Crippen LogP contribution in [0.15, 0.2) is 35.3 Å². The molecule has 2 bridgehead atoms. The summed E-state index contributed by atoms with van der Waals surface area (Å²) in [5.74, 6) is 2.21. The van der Waals surface area contributed by atoms with Gasteiger partial charge in [0.25, 0.3) is 0 Å². The van der Waals surface area contributed by atoms with E-state index in [9.17, 15) is 10.2 Å². The lowest BCUT2D eigenvalue weighted by atomic mass is 9.49. The molecule has 2 fully saturated rings. The van der Waals surface area contributed by atoms with Crippen LogP contribution in [0.25, 0.3) is 10.9 Å². The minimum atomic E-state index is -0.974. The van der Waals surface area contributed by atoms with Gasteiger partial charge in [0.15, 0.2) is 17.6 Å². The van der Waals surface area contributed by atoms with Crippen LogP contribution in [0.2, 0.25) is 0 Å². The summed E-state index contributed by atoms with van der Waals surface area (Å²) in [6.45, 7) is 4.68. The van der Waals surface area contributed by atoms with Crippen LogP contribution < -0.4 is 10.5 Å². The first-order valence-electron chi connectivity index (χ1n) is 14.3. The summed E-state index contributed by atoms with van der Waals surface area (Å²) in [5, 5.41) is 25.0. The highest BCUT2D eigenvalue weighted by Gasteiger charge is 2.72. The number of aromatic hydroxyl groups is 1. The lowest BCUT2D eigenvalue weighted by Gasteiger charge is -2.62. The van der Waals surface area contributed by atoms with E-state index in [0.717, 1.165) is 78.0 Å². The molecule has 5 aliphatic rings. The largest absolute Gasteiger partial charge is 0.504 e. The van der Waals surface area contributed by atoms with E-state index in [1.807, 2.05) is 0 Å². The van der Waals surface area contributed by atoms with Crippen molar-refractivity contribution in [3.05, 3.63) is 58.3 Å². The van der Waals surface area contributed by atoms with Crippen molar-refractivity contribution >= 4 is 16.7 Å². The van der Waals surface area contributed by atoms with Gasteiger partial charge in [-0.05, 0) is 79.5 Å². The molecule has 38 heavy (non-hydrogen) atoms. The quantitative estimate of drug-likeness (QED) is 0.292. The van der Waals surface area contributed by atoms with Gasteiger partial charge in [-0.3, -0.25) is 9.89 Å². The van der Waals surface area contributed by atoms with Crippen LogP contribution >= 0.6 is 0 Å². The number of benzene rings is 2. The number of rotatable bonds is 6. The van der Waals surface area contributed by atoms with Gasteiger partial charge < -0.3 is 25.7 Å². The Labute approximate surface area is 222 Å². The van der Waals surface area contributed by atoms with Crippen molar-refractivity contribution in [2.24, 2.45) is 16.6 Å². The number of nitrogens with two attached hydrogens (primary N) is 1. The Morgan fingerprint density at radius 1 is 1.26 bits per heavy atom. The summed E-state index contributed by atoms with van der Waals surface area (Å²) >= 11 is 0. The number of H-pyrrole nitrogens is 1. The zero-order valence-corrected chi connectivity index (χ0v) is 22.0. The summed E-state index contributed by atoms with van der Waals surface area (Å²) in [6.07, 6.45) is 6.24. The third-order valence-corrected chi connectivity index (χ3v) is 10.2. The summed E-state index contributed by atoms with van der Waals surface area (Å²) < 4.78 is 6.70. The highest BCUT2D eigenvalue weighted by atomic mass is 16.5. The van der Waals surface area contributed by atoms with Gasteiger partial charge in [0.1, 0.15) is 0 Å². The maximum Gasteiger partial charge on any atom is 0.166 e. The third-order valence-electron chi connectivity index (χ3n) is 10.2. The number of likely N-dealkylation sites (tertiary alicyclic amines) is 1. The zero-order valence-electron chi connectivity index (χ0n) is 22.0. The van der Waals surface area contributed by atoms with Crippen LogP contribution in [0.1, 0.15) is 73.1 Å². The first kappa shape index (κ1) is 22.9. The number of aromatic amines is 1. The molecule has 1 saturated heterocycles. The average molecular weight is 513 g/mol. The van der Waals surface area contributed by atoms with Crippen LogP contribution in [0, 0.1) is 5.92 Å². The predicted molar refractivity (Wildman–Crippen MR) is 147 cm³/mol. The molecule has 1 aromatic heterocycles. The maximum absolute atomic E-state index is 13.0. The smallest absolute Gasteiger partial charge is 0.166 e. The SMILES string of the molecule is CCCC(N)=NCc1ccc2[nH]c3c(c2c1)C[C@@]1(O)[C@@H]2Cc4ccc(O)c5c4[C@@]1(CCN2CC1CC1)[C@H]3O5. The molecule has 0 unspecified atom stereocenters. The molecule has 3 aliphatic carbocycles. The molecule has 0 radical (unpaired) electrons. The van der Waals surface area contributed by atoms with E-state index in [-0.39, 0.29) is 17.9 Å². The second kappa shape index (κ2) is 7.76. The molecule has 198 valence electrons. The number of fused-ring (bicyclic) bond motifs is 4. The van der Waals surface area contributed by atoms with Crippen LogP contribution in [-0.4, -0.2) is 50.7 Å². The van der Waals surface area contributed by atoms with E-state index in [4.69, 9.17) is 10.5 Å². The fourth-order valence-corrected chi connectivity index (χ4v) is 8.30. The monoisotopic (exact) mass is 512 g/mol. The number of hydrogen-bond donors (Lipinski definition) is 4. The fourth-order valence-electron chi connectivity index (χ4n) is 8.30. The number of aromatic nitrogens is 1. The zero-order chi connectivity index (χ0) is 25.8. The average Bonchev–Trinajstić information content (AvgIpc) is 3.54. The van der Waals surface area contributed by atoms with Gasteiger partial charge in [-0.25, -0.2) is 0 Å². The number of piperidine rings is 1. The van der Waals surface area contributed by atoms with Gasteiger partial charge in [-0.2, -0.15) is 0 Å². The number of phenols is 1. The molecule has 3 heterocycles. The number of aliphatic imine (C=N–C) groups is 1. The minimum Gasteiger partial charge on any atom is -0.504 e. The third kappa shape index (κ3) is 2.89. The maximum atomic E-state index is 13.0. The van der Waals surface area contributed by atoms with E-state index in [1.54, 1.807) is 6.07 Å². The van der Waals surface area contributed by atoms with Crippen molar-refractivity contribution in [2.45, 2.75) is 81.6 Å². The van der Waals surface area contributed by atoms with Crippen molar-refractivity contribution in [3.8, 4) is 11.5 Å². The topological polar surface area (TPSA) is 107 Å². The lowest BCUT2D eigenvalue weighted by Crippen LogP contribution is -2.74. The molecule has 4 atom stereocenters. The summed E-state index contributed by atoms with van der Waals surface area (Å²) in [5.41, 5.74) is 11.2. The Bertz CT molecular complexity index is 1510. The van der Waals surface area contributed by atoms with Gasteiger partial charge in [0.2, 0.25) is 0 Å². The molecule has 3 aromatic rings. The number of nitrogens with zero attached hydrogens (tertiary/aromatic N) is 2. The van der Waals surface area contributed by atoms with Crippen LogP contribution in [-0.2, 0) is 24.8 Å². The van der Waals surface area contributed by atoms with Crippen molar-refractivity contribution in [1.82, 2.24) is 9.88 Å². The fraction of sp³-hybridized carbons (Fsp3) is 0.516. The van der Waals surface area contributed by atoms with Crippen LogP contribution in [0.5, 0.6) is 11.5 Å². The molecule has 2 aliphatic heterocycles. The van der Waals surface area contributed by atoms with Gasteiger partial charge in [0.05, 0.1) is 29.1 Å². The molecule has 1 saturated carbocycles. The van der Waals surface area contributed by atoms with E-state index < -0.39 is 11.0 Å². The second-order valence-electron chi connectivity index (χ2n) is 12.4.